The van der Waals surface area contributed by atoms with Crippen molar-refractivity contribution >= 4 is 46.4 Å². The molecule has 164 valence electrons. The highest BCUT2D eigenvalue weighted by Crippen LogP contribution is 2.17. The van der Waals surface area contributed by atoms with Gasteiger partial charge in [0.15, 0.2) is 0 Å². The van der Waals surface area contributed by atoms with E-state index in [1.807, 2.05) is 33.1 Å². The minimum atomic E-state index is -0.413. The lowest BCUT2D eigenvalue weighted by molar-refractivity contribution is 0.0605. The summed E-state index contributed by atoms with van der Waals surface area (Å²) in [6.07, 6.45) is 0. The van der Waals surface area contributed by atoms with Crippen molar-refractivity contribution in [2.24, 2.45) is 5.84 Å². The monoisotopic (exact) mass is 454 g/mol. The lowest BCUT2D eigenvalue weighted by atomic mass is 10.3. The summed E-state index contributed by atoms with van der Waals surface area (Å²) >= 11 is 2.24. The molecule has 0 saturated carbocycles. The van der Waals surface area contributed by atoms with Gasteiger partial charge in [-0.1, -0.05) is 0 Å². The molecule has 0 aliphatic heterocycles. The van der Waals surface area contributed by atoms with Crippen LogP contribution >= 0.6 is 22.7 Å². The molecule has 0 spiro atoms. The van der Waals surface area contributed by atoms with Gasteiger partial charge in [0.1, 0.15) is 4.88 Å². The summed E-state index contributed by atoms with van der Waals surface area (Å²) in [5, 5.41) is 5.49. The molecule has 11 heteroatoms. The van der Waals surface area contributed by atoms with E-state index in [1.54, 1.807) is 24.3 Å². The van der Waals surface area contributed by atoms with Gasteiger partial charge in [-0.2, -0.15) is 0 Å². The van der Waals surface area contributed by atoms with Crippen molar-refractivity contribution in [1.82, 2.24) is 16.1 Å². The first kappa shape index (κ1) is 25.3. The standard InChI is InChI=1S/C10H13NO3S.C9H13N3O2S/c1-6(2)11-9(12)7-4-5-8(15-7)10(13)14-3;1-5(2)11-8(13)6-3-4-7(15-6)9(14)12-10/h4-6H,1-3H3,(H,11,12);3-5H,10H2,1-2H3,(H,11,13)(H,12,14). The molecule has 2 rings (SSSR count). The fourth-order valence-corrected chi connectivity index (χ4v) is 3.63. The Balaban J connectivity index is 0.000000300. The number of methoxy groups -OCH3 is 1. The predicted octanol–water partition coefficient (Wildman–Crippen LogP) is 2.16. The zero-order valence-electron chi connectivity index (χ0n) is 17.4. The number of hydrazine groups is 1. The summed E-state index contributed by atoms with van der Waals surface area (Å²) in [4.78, 5) is 47.2. The molecule has 0 aliphatic rings. The fourth-order valence-electron chi connectivity index (χ4n) is 1.99. The number of thiophene rings is 2. The minimum absolute atomic E-state index is 0.0754. The summed E-state index contributed by atoms with van der Waals surface area (Å²) in [5.41, 5.74) is 2.01. The summed E-state index contributed by atoms with van der Waals surface area (Å²) in [6, 6.07) is 6.54. The molecule has 0 radical (unpaired) electrons. The SMILES string of the molecule is CC(C)NC(=O)c1ccc(C(=O)NN)s1.COC(=O)c1ccc(C(=O)NC(C)C)s1. The molecule has 30 heavy (non-hydrogen) atoms. The Labute approximate surface area is 183 Å². The highest BCUT2D eigenvalue weighted by Gasteiger charge is 2.14. The molecular weight excluding hydrogens is 428 g/mol. The topological polar surface area (TPSA) is 140 Å². The van der Waals surface area contributed by atoms with E-state index >= 15 is 0 Å². The smallest absolute Gasteiger partial charge is 0.348 e. The maximum absolute atomic E-state index is 11.5. The Morgan fingerprint density at radius 1 is 0.767 bits per heavy atom. The Kier molecular flexibility index (Phi) is 10.2. The van der Waals surface area contributed by atoms with Crippen LogP contribution < -0.4 is 21.9 Å². The molecule has 0 atom stereocenters. The van der Waals surface area contributed by atoms with Gasteiger partial charge in [0, 0.05) is 12.1 Å². The molecular formula is C19H26N4O5S2. The molecule has 2 heterocycles. The second kappa shape index (κ2) is 12.1. The summed E-state index contributed by atoms with van der Waals surface area (Å²) < 4.78 is 4.55. The zero-order chi connectivity index (χ0) is 22.8. The van der Waals surface area contributed by atoms with Crippen LogP contribution in [-0.4, -0.2) is 42.9 Å². The van der Waals surface area contributed by atoms with E-state index in [0.717, 1.165) is 22.7 Å². The van der Waals surface area contributed by atoms with Gasteiger partial charge in [-0.25, -0.2) is 10.6 Å². The number of nitrogens with two attached hydrogens (primary N) is 1. The molecule has 0 aromatic carbocycles. The van der Waals surface area contributed by atoms with E-state index in [9.17, 15) is 19.2 Å². The molecule has 2 aromatic rings. The van der Waals surface area contributed by atoms with Crippen molar-refractivity contribution in [2.45, 2.75) is 39.8 Å². The van der Waals surface area contributed by atoms with E-state index in [2.05, 4.69) is 15.4 Å². The van der Waals surface area contributed by atoms with E-state index in [-0.39, 0.29) is 29.8 Å². The zero-order valence-corrected chi connectivity index (χ0v) is 19.0. The van der Waals surface area contributed by atoms with Gasteiger partial charge in [-0.15, -0.1) is 22.7 Å². The summed E-state index contributed by atoms with van der Waals surface area (Å²) in [5.74, 6) is 3.84. The van der Waals surface area contributed by atoms with Gasteiger partial charge in [0.05, 0.1) is 21.7 Å². The van der Waals surface area contributed by atoms with Gasteiger partial charge >= 0.3 is 5.97 Å². The number of hydrogen-bond acceptors (Lipinski definition) is 8. The average Bonchev–Trinajstić information content (AvgIpc) is 3.36. The van der Waals surface area contributed by atoms with Crippen molar-refractivity contribution in [2.75, 3.05) is 7.11 Å². The number of nitrogen functional groups attached to an aromatic ring is 1. The number of ether oxygens (including phenoxy) is 1. The number of carbonyl (C=O) groups excluding carboxylic acids is 4. The summed E-state index contributed by atoms with van der Waals surface area (Å²) in [7, 11) is 1.32. The quantitative estimate of drug-likeness (QED) is 0.228. The average molecular weight is 455 g/mol. The third kappa shape index (κ3) is 7.93. The van der Waals surface area contributed by atoms with Crippen molar-refractivity contribution in [3.05, 3.63) is 43.8 Å². The molecule has 0 bridgehead atoms. The first-order chi connectivity index (χ1) is 14.1. The second-order valence-electron chi connectivity index (χ2n) is 6.55. The predicted molar refractivity (Wildman–Crippen MR) is 117 cm³/mol. The highest BCUT2D eigenvalue weighted by atomic mass is 32.1. The summed E-state index contributed by atoms with van der Waals surface area (Å²) in [6.45, 7) is 7.51. The molecule has 0 saturated heterocycles. The van der Waals surface area contributed by atoms with Crippen molar-refractivity contribution < 1.29 is 23.9 Å². The van der Waals surface area contributed by atoms with Gasteiger partial charge < -0.3 is 15.4 Å². The number of carbonyl (C=O) groups is 4. The molecule has 2 aromatic heterocycles. The number of esters is 1. The second-order valence-corrected chi connectivity index (χ2v) is 8.72. The van der Waals surface area contributed by atoms with E-state index < -0.39 is 5.97 Å². The van der Waals surface area contributed by atoms with Crippen molar-refractivity contribution in [1.29, 1.82) is 0 Å². The Bertz CT molecular complexity index is 817. The Hall–Kier alpha value is -2.76. The molecule has 9 nitrogen and oxygen atoms in total. The normalized spacial score (nSPS) is 10.1. The number of hydrogen-bond donors (Lipinski definition) is 4. The van der Waals surface area contributed by atoms with Crippen LogP contribution in [0.2, 0.25) is 0 Å². The van der Waals surface area contributed by atoms with Crippen LogP contribution in [0.15, 0.2) is 24.3 Å². The van der Waals surface area contributed by atoms with Crippen LogP contribution in [-0.2, 0) is 4.74 Å². The van der Waals surface area contributed by atoms with Crippen LogP contribution in [0.3, 0.4) is 0 Å². The molecule has 0 aliphatic carbocycles. The Morgan fingerprint density at radius 2 is 1.13 bits per heavy atom. The maximum atomic E-state index is 11.5. The van der Waals surface area contributed by atoms with Gasteiger partial charge in [0.2, 0.25) is 0 Å². The van der Waals surface area contributed by atoms with Crippen LogP contribution in [0.5, 0.6) is 0 Å². The number of amides is 3. The van der Waals surface area contributed by atoms with Gasteiger partial charge in [-0.3, -0.25) is 19.8 Å². The largest absolute Gasteiger partial charge is 0.465 e. The number of rotatable bonds is 6. The van der Waals surface area contributed by atoms with E-state index in [1.165, 1.54) is 7.11 Å². The number of nitrogens with one attached hydrogen (secondary N) is 3. The van der Waals surface area contributed by atoms with Crippen molar-refractivity contribution in [3.8, 4) is 0 Å². The third-order valence-electron chi connectivity index (χ3n) is 3.24. The molecule has 3 amide bonds. The molecule has 5 N–H and O–H groups in total. The first-order valence-electron chi connectivity index (χ1n) is 8.99. The lowest BCUT2D eigenvalue weighted by Gasteiger charge is -2.05. The highest BCUT2D eigenvalue weighted by molar-refractivity contribution is 7.16. The lowest BCUT2D eigenvalue weighted by Crippen LogP contribution is -2.30. The van der Waals surface area contributed by atoms with Crippen LogP contribution in [0.25, 0.3) is 0 Å². The minimum Gasteiger partial charge on any atom is -0.465 e. The van der Waals surface area contributed by atoms with E-state index in [0.29, 0.717) is 19.5 Å². The van der Waals surface area contributed by atoms with E-state index in [4.69, 9.17) is 5.84 Å². The molecule has 0 fully saturated rings. The Morgan fingerprint density at radius 3 is 1.50 bits per heavy atom. The maximum Gasteiger partial charge on any atom is 0.348 e. The van der Waals surface area contributed by atoms with Crippen LogP contribution in [0, 0.1) is 0 Å². The third-order valence-corrected chi connectivity index (χ3v) is 5.39. The van der Waals surface area contributed by atoms with Crippen LogP contribution in [0.4, 0.5) is 0 Å². The van der Waals surface area contributed by atoms with Gasteiger partial charge in [-0.05, 0) is 52.0 Å². The molecule has 0 unspecified atom stereocenters. The van der Waals surface area contributed by atoms with Gasteiger partial charge in [0.25, 0.3) is 17.7 Å². The van der Waals surface area contributed by atoms with Crippen molar-refractivity contribution in [3.63, 3.8) is 0 Å². The first-order valence-corrected chi connectivity index (χ1v) is 10.6. The van der Waals surface area contributed by atoms with Crippen LogP contribution in [0.1, 0.15) is 66.4 Å². The fraction of sp³-hybridized carbons (Fsp3) is 0.368.